The number of aromatic nitrogens is 2. The Hall–Kier alpha value is -2.39. The lowest BCUT2D eigenvalue weighted by atomic mass is 10.2. The molecule has 8 heteroatoms. The Labute approximate surface area is 195 Å². The number of amides is 1. The zero-order valence-corrected chi connectivity index (χ0v) is 19.8. The fourth-order valence-electron chi connectivity index (χ4n) is 4.00. The van der Waals surface area contributed by atoms with Crippen LogP contribution < -0.4 is 4.90 Å². The van der Waals surface area contributed by atoms with Crippen LogP contribution in [0.2, 0.25) is 0 Å². The number of thiazole rings is 2. The molecular formula is C24H26N4O2S2. The minimum atomic E-state index is -0.00273. The highest BCUT2D eigenvalue weighted by molar-refractivity contribution is 7.22. The molecule has 32 heavy (non-hydrogen) atoms. The highest BCUT2D eigenvalue weighted by Gasteiger charge is 2.22. The first-order valence-corrected chi connectivity index (χ1v) is 12.8. The molecule has 6 nitrogen and oxygen atoms in total. The molecule has 0 bridgehead atoms. The van der Waals surface area contributed by atoms with Crippen molar-refractivity contribution in [3.8, 4) is 0 Å². The van der Waals surface area contributed by atoms with Crippen LogP contribution in [0, 0.1) is 0 Å². The highest BCUT2D eigenvalue weighted by Crippen LogP contribution is 2.31. The zero-order valence-electron chi connectivity index (χ0n) is 18.1. The van der Waals surface area contributed by atoms with E-state index in [0.29, 0.717) is 12.1 Å². The number of rotatable bonds is 7. The number of hydrogen-bond acceptors (Lipinski definition) is 7. The van der Waals surface area contributed by atoms with Gasteiger partial charge in [0.1, 0.15) is 0 Å². The summed E-state index contributed by atoms with van der Waals surface area (Å²) < 4.78 is 7.61. The molecule has 1 aliphatic heterocycles. The fourth-order valence-corrected chi connectivity index (χ4v) is 5.77. The highest BCUT2D eigenvalue weighted by atomic mass is 32.1. The summed E-state index contributed by atoms with van der Waals surface area (Å²) in [7, 11) is 0. The molecule has 2 aromatic carbocycles. The number of carbonyl (C=O) groups is 1. The van der Waals surface area contributed by atoms with E-state index in [0.717, 1.165) is 71.3 Å². The quantitative estimate of drug-likeness (QED) is 0.390. The van der Waals surface area contributed by atoms with E-state index < -0.39 is 0 Å². The summed E-state index contributed by atoms with van der Waals surface area (Å²) in [5.74, 6) is -0.00273. The maximum atomic E-state index is 13.6. The van der Waals surface area contributed by atoms with E-state index in [1.165, 1.54) is 5.56 Å². The predicted octanol–water partition coefficient (Wildman–Crippen LogP) is 4.84. The van der Waals surface area contributed by atoms with Crippen molar-refractivity contribution < 1.29 is 9.53 Å². The third-order valence-electron chi connectivity index (χ3n) is 5.86. The molecule has 0 atom stereocenters. The molecule has 166 valence electrons. The van der Waals surface area contributed by atoms with Gasteiger partial charge in [-0.1, -0.05) is 24.3 Å². The van der Waals surface area contributed by atoms with E-state index in [1.807, 2.05) is 28.6 Å². The van der Waals surface area contributed by atoms with Crippen molar-refractivity contribution in [1.29, 1.82) is 0 Å². The molecule has 1 aliphatic rings. The van der Waals surface area contributed by atoms with E-state index in [2.05, 4.69) is 35.0 Å². The maximum absolute atomic E-state index is 13.6. The summed E-state index contributed by atoms with van der Waals surface area (Å²) in [6, 6.07) is 12.1. The molecule has 0 spiro atoms. The number of benzene rings is 2. The molecule has 5 rings (SSSR count). The van der Waals surface area contributed by atoms with Crippen LogP contribution in [0.1, 0.15) is 29.3 Å². The van der Waals surface area contributed by atoms with Crippen LogP contribution in [-0.4, -0.2) is 60.2 Å². The average molecular weight is 467 g/mol. The van der Waals surface area contributed by atoms with Crippen LogP contribution in [0.5, 0.6) is 0 Å². The van der Waals surface area contributed by atoms with Crippen molar-refractivity contribution in [3.05, 3.63) is 53.0 Å². The Balaban J connectivity index is 1.42. The van der Waals surface area contributed by atoms with E-state index >= 15 is 0 Å². The van der Waals surface area contributed by atoms with E-state index in [-0.39, 0.29) is 5.91 Å². The van der Waals surface area contributed by atoms with Gasteiger partial charge in [0.25, 0.3) is 5.91 Å². The molecule has 0 radical (unpaired) electrons. The predicted molar refractivity (Wildman–Crippen MR) is 132 cm³/mol. The van der Waals surface area contributed by atoms with Crippen molar-refractivity contribution in [3.63, 3.8) is 0 Å². The smallest absolute Gasteiger partial charge is 0.260 e. The van der Waals surface area contributed by atoms with Crippen LogP contribution in [0.15, 0.2) is 41.9 Å². The molecule has 1 amide bonds. The van der Waals surface area contributed by atoms with Gasteiger partial charge in [-0.2, -0.15) is 0 Å². The first-order valence-electron chi connectivity index (χ1n) is 11.1. The molecule has 3 heterocycles. The number of carbonyl (C=O) groups excluding carboxylic acids is 1. The summed E-state index contributed by atoms with van der Waals surface area (Å²) in [5, 5.41) is 0.768. The monoisotopic (exact) mass is 466 g/mol. The molecule has 0 unspecified atom stereocenters. The van der Waals surface area contributed by atoms with Crippen molar-refractivity contribution in [1.82, 2.24) is 14.9 Å². The maximum Gasteiger partial charge on any atom is 0.260 e. The Morgan fingerprint density at radius 1 is 1.12 bits per heavy atom. The standard InChI is InChI=1S/C24H26N4O2S2/c1-2-17-4-6-20-22(14-17)32-24(26-20)28(9-3-8-27-10-12-30-13-11-27)23(29)18-5-7-19-21(15-18)31-16-25-19/h4-7,14-16H,2-3,8-13H2,1H3. The van der Waals surface area contributed by atoms with E-state index in [9.17, 15) is 4.79 Å². The SMILES string of the molecule is CCc1ccc2nc(N(CCCN3CCOCC3)C(=O)c3ccc4ncsc4c3)sc2c1. The van der Waals surface area contributed by atoms with Crippen LogP contribution in [-0.2, 0) is 11.2 Å². The Kier molecular flexibility index (Phi) is 6.45. The lowest BCUT2D eigenvalue weighted by molar-refractivity contribution is 0.0376. The molecule has 4 aromatic rings. The molecule has 1 fully saturated rings. The summed E-state index contributed by atoms with van der Waals surface area (Å²) in [4.78, 5) is 27.1. The summed E-state index contributed by atoms with van der Waals surface area (Å²) in [6.45, 7) is 7.22. The number of anilines is 1. The first-order chi connectivity index (χ1) is 15.7. The van der Waals surface area contributed by atoms with Gasteiger partial charge in [0, 0.05) is 31.7 Å². The molecule has 1 saturated heterocycles. The van der Waals surface area contributed by atoms with Gasteiger partial charge in [0.05, 0.1) is 39.2 Å². The Morgan fingerprint density at radius 3 is 2.81 bits per heavy atom. The van der Waals surface area contributed by atoms with Gasteiger partial charge in [0.2, 0.25) is 0 Å². The summed E-state index contributed by atoms with van der Waals surface area (Å²) in [6.07, 6.45) is 1.88. The second kappa shape index (κ2) is 9.62. The number of ether oxygens (including phenoxy) is 1. The lowest BCUT2D eigenvalue weighted by Gasteiger charge is -2.27. The fraction of sp³-hybridized carbons (Fsp3) is 0.375. The van der Waals surface area contributed by atoms with Crippen molar-refractivity contribution in [2.24, 2.45) is 0 Å². The van der Waals surface area contributed by atoms with Gasteiger partial charge in [-0.25, -0.2) is 9.97 Å². The number of aryl methyl sites for hydroxylation is 1. The number of morpholine rings is 1. The van der Waals surface area contributed by atoms with Gasteiger partial charge >= 0.3 is 0 Å². The van der Waals surface area contributed by atoms with Gasteiger partial charge in [-0.3, -0.25) is 14.6 Å². The van der Waals surface area contributed by atoms with E-state index in [4.69, 9.17) is 9.72 Å². The minimum absolute atomic E-state index is 0.00273. The normalized spacial score (nSPS) is 14.9. The number of fused-ring (bicyclic) bond motifs is 2. The molecule has 0 N–H and O–H groups in total. The lowest BCUT2D eigenvalue weighted by Crippen LogP contribution is -2.39. The van der Waals surface area contributed by atoms with Gasteiger partial charge in [-0.15, -0.1) is 11.3 Å². The van der Waals surface area contributed by atoms with Gasteiger partial charge < -0.3 is 4.74 Å². The zero-order chi connectivity index (χ0) is 21.9. The largest absolute Gasteiger partial charge is 0.379 e. The summed E-state index contributed by atoms with van der Waals surface area (Å²) in [5.41, 5.74) is 5.66. The van der Waals surface area contributed by atoms with Gasteiger partial charge in [-0.05, 0) is 48.7 Å². The number of hydrogen-bond donors (Lipinski definition) is 0. The molecular weight excluding hydrogens is 440 g/mol. The first kappa shape index (κ1) is 21.5. The molecule has 0 saturated carbocycles. The van der Waals surface area contributed by atoms with Crippen LogP contribution >= 0.6 is 22.7 Å². The Bertz CT molecular complexity index is 1230. The third kappa shape index (κ3) is 4.54. The molecule has 0 aliphatic carbocycles. The van der Waals surface area contributed by atoms with Crippen LogP contribution in [0.25, 0.3) is 20.4 Å². The minimum Gasteiger partial charge on any atom is -0.379 e. The second-order valence-electron chi connectivity index (χ2n) is 7.95. The van der Waals surface area contributed by atoms with E-state index in [1.54, 1.807) is 22.7 Å². The summed E-state index contributed by atoms with van der Waals surface area (Å²) >= 11 is 3.16. The topological polar surface area (TPSA) is 58.6 Å². The molecule has 2 aromatic heterocycles. The Morgan fingerprint density at radius 2 is 1.97 bits per heavy atom. The average Bonchev–Trinajstić information content (AvgIpc) is 3.47. The van der Waals surface area contributed by atoms with Crippen molar-refractivity contribution in [2.45, 2.75) is 19.8 Å². The van der Waals surface area contributed by atoms with Crippen molar-refractivity contribution in [2.75, 3.05) is 44.3 Å². The number of nitrogens with zero attached hydrogens (tertiary/aromatic N) is 4. The third-order valence-corrected chi connectivity index (χ3v) is 7.70. The van der Waals surface area contributed by atoms with Crippen LogP contribution in [0.4, 0.5) is 5.13 Å². The van der Waals surface area contributed by atoms with Gasteiger partial charge in [0.15, 0.2) is 5.13 Å². The second-order valence-corrected chi connectivity index (χ2v) is 9.85. The van der Waals surface area contributed by atoms with Crippen molar-refractivity contribution >= 4 is 54.1 Å². The van der Waals surface area contributed by atoms with Crippen LogP contribution in [0.3, 0.4) is 0 Å².